The van der Waals surface area contributed by atoms with Crippen LogP contribution in [0.5, 0.6) is 0 Å². The third kappa shape index (κ3) is 3.21. The van der Waals surface area contributed by atoms with Crippen LogP contribution in [0.4, 0.5) is 5.82 Å². The Labute approximate surface area is 145 Å². The van der Waals surface area contributed by atoms with E-state index >= 15 is 0 Å². The molecule has 0 radical (unpaired) electrons. The van der Waals surface area contributed by atoms with Gasteiger partial charge < -0.3 is 5.32 Å². The first-order chi connectivity index (χ1) is 11.5. The molecular formula is C15H15BrN6O2. The van der Waals surface area contributed by atoms with E-state index in [1.54, 1.807) is 22.7 Å². The SMILES string of the molecule is CC(C)c1nn(CC(=O)Nc2ccncn2)c(=O)c2cc(Br)cn12. The molecule has 9 heteroatoms. The van der Waals surface area contributed by atoms with Crippen LogP contribution in [0.25, 0.3) is 5.52 Å². The minimum Gasteiger partial charge on any atom is -0.309 e. The van der Waals surface area contributed by atoms with Crippen LogP contribution >= 0.6 is 15.9 Å². The second kappa shape index (κ2) is 6.52. The molecule has 24 heavy (non-hydrogen) atoms. The third-order valence-electron chi connectivity index (χ3n) is 3.37. The van der Waals surface area contributed by atoms with Crippen molar-refractivity contribution in [2.45, 2.75) is 26.3 Å². The first kappa shape index (κ1) is 16.3. The number of nitrogens with one attached hydrogen (secondary N) is 1. The minimum absolute atomic E-state index is 0.0866. The number of amides is 1. The smallest absolute Gasteiger partial charge is 0.291 e. The van der Waals surface area contributed by atoms with Gasteiger partial charge in [0.15, 0.2) is 0 Å². The van der Waals surface area contributed by atoms with Gasteiger partial charge in [0.2, 0.25) is 5.91 Å². The average Bonchev–Trinajstić information content (AvgIpc) is 2.92. The van der Waals surface area contributed by atoms with E-state index in [2.05, 4.69) is 36.3 Å². The number of nitrogens with zero attached hydrogens (tertiary/aromatic N) is 5. The summed E-state index contributed by atoms with van der Waals surface area (Å²) in [5.41, 5.74) is 0.137. The lowest BCUT2D eigenvalue weighted by Gasteiger charge is -2.12. The number of rotatable bonds is 4. The lowest BCUT2D eigenvalue weighted by molar-refractivity contribution is -0.117. The number of halogens is 1. The van der Waals surface area contributed by atoms with Crippen LogP contribution in [-0.2, 0) is 11.3 Å². The lowest BCUT2D eigenvalue weighted by Crippen LogP contribution is -2.32. The first-order valence-corrected chi connectivity index (χ1v) is 8.09. The molecule has 0 saturated carbocycles. The van der Waals surface area contributed by atoms with Gasteiger partial charge >= 0.3 is 0 Å². The molecule has 0 bridgehead atoms. The number of hydrogen-bond acceptors (Lipinski definition) is 5. The van der Waals surface area contributed by atoms with Crippen molar-refractivity contribution >= 4 is 33.2 Å². The zero-order valence-corrected chi connectivity index (χ0v) is 14.7. The molecule has 3 aromatic heterocycles. The van der Waals surface area contributed by atoms with Gasteiger partial charge in [0, 0.05) is 22.8 Å². The van der Waals surface area contributed by atoms with Crippen molar-refractivity contribution in [3.63, 3.8) is 0 Å². The van der Waals surface area contributed by atoms with Crippen molar-refractivity contribution in [3.05, 3.63) is 51.5 Å². The van der Waals surface area contributed by atoms with Crippen LogP contribution in [0.15, 0.2) is 40.1 Å². The monoisotopic (exact) mass is 390 g/mol. The molecule has 0 saturated heterocycles. The molecule has 0 aliphatic rings. The number of carbonyl (C=O) groups excluding carboxylic acids is 1. The van der Waals surface area contributed by atoms with Gasteiger partial charge in [-0.3, -0.25) is 14.0 Å². The number of carbonyl (C=O) groups is 1. The van der Waals surface area contributed by atoms with E-state index in [-0.39, 0.29) is 23.9 Å². The van der Waals surface area contributed by atoms with Gasteiger partial charge in [-0.1, -0.05) is 13.8 Å². The van der Waals surface area contributed by atoms with Gasteiger partial charge in [-0.2, -0.15) is 5.10 Å². The predicted octanol–water partition coefficient (Wildman–Crippen LogP) is 1.81. The highest BCUT2D eigenvalue weighted by molar-refractivity contribution is 9.10. The maximum Gasteiger partial charge on any atom is 0.291 e. The lowest BCUT2D eigenvalue weighted by atomic mass is 10.2. The van der Waals surface area contributed by atoms with Crippen molar-refractivity contribution in [2.75, 3.05) is 5.32 Å². The van der Waals surface area contributed by atoms with Crippen LogP contribution in [0.1, 0.15) is 25.6 Å². The molecule has 0 unspecified atom stereocenters. The second-order valence-corrected chi connectivity index (χ2v) is 6.45. The number of anilines is 1. The fraction of sp³-hybridized carbons (Fsp3) is 0.267. The normalized spacial score (nSPS) is 11.2. The molecule has 0 spiro atoms. The summed E-state index contributed by atoms with van der Waals surface area (Å²) in [7, 11) is 0. The summed E-state index contributed by atoms with van der Waals surface area (Å²) in [6.45, 7) is 3.76. The van der Waals surface area contributed by atoms with Crippen molar-refractivity contribution in [2.24, 2.45) is 0 Å². The zero-order chi connectivity index (χ0) is 17.3. The summed E-state index contributed by atoms with van der Waals surface area (Å²) >= 11 is 3.37. The number of fused-ring (bicyclic) bond motifs is 1. The molecule has 3 heterocycles. The van der Waals surface area contributed by atoms with Crippen LogP contribution in [0.3, 0.4) is 0 Å². The molecule has 0 aliphatic heterocycles. The van der Waals surface area contributed by atoms with Gasteiger partial charge in [0.1, 0.15) is 30.0 Å². The van der Waals surface area contributed by atoms with Crippen molar-refractivity contribution in [1.29, 1.82) is 0 Å². The fourth-order valence-electron chi connectivity index (χ4n) is 2.32. The van der Waals surface area contributed by atoms with E-state index in [4.69, 9.17) is 0 Å². The van der Waals surface area contributed by atoms with Crippen LogP contribution in [0.2, 0.25) is 0 Å². The Balaban J connectivity index is 1.96. The molecule has 0 atom stereocenters. The highest BCUT2D eigenvalue weighted by Gasteiger charge is 2.16. The summed E-state index contributed by atoms with van der Waals surface area (Å²) in [6.07, 6.45) is 4.65. The topological polar surface area (TPSA) is 94.2 Å². The number of aromatic nitrogens is 5. The van der Waals surface area contributed by atoms with Gasteiger partial charge in [0.25, 0.3) is 5.56 Å². The molecule has 3 rings (SSSR count). The zero-order valence-electron chi connectivity index (χ0n) is 13.1. The molecule has 0 aromatic carbocycles. The number of hydrogen-bond donors (Lipinski definition) is 1. The first-order valence-electron chi connectivity index (χ1n) is 7.30. The summed E-state index contributed by atoms with van der Waals surface area (Å²) in [5, 5.41) is 6.96. The third-order valence-corrected chi connectivity index (χ3v) is 3.80. The Hall–Kier alpha value is -2.55. The van der Waals surface area contributed by atoms with Crippen LogP contribution in [0, 0.1) is 0 Å². The van der Waals surface area contributed by atoms with Crippen molar-refractivity contribution in [3.8, 4) is 0 Å². The Morgan fingerprint density at radius 2 is 2.21 bits per heavy atom. The summed E-state index contributed by atoms with van der Waals surface area (Å²) in [6, 6.07) is 3.29. The maximum absolute atomic E-state index is 12.6. The second-order valence-electron chi connectivity index (χ2n) is 5.53. The average molecular weight is 391 g/mol. The van der Waals surface area contributed by atoms with Crippen LogP contribution < -0.4 is 10.9 Å². The molecular weight excluding hydrogens is 376 g/mol. The van der Waals surface area contributed by atoms with Crippen molar-refractivity contribution < 1.29 is 4.79 Å². The van der Waals surface area contributed by atoms with Crippen LogP contribution in [-0.4, -0.2) is 30.1 Å². The molecule has 3 aromatic rings. The molecule has 0 fully saturated rings. The summed E-state index contributed by atoms with van der Waals surface area (Å²) in [4.78, 5) is 32.4. The highest BCUT2D eigenvalue weighted by atomic mass is 79.9. The van der Waals surface area contributed by atoms with E-state index in [0.29, 0.717) is 17.2 Å². The Bertz CT molecular complexity index is 948. The Kier molecular flexibility index (Phi) is 4.43. The fourth-order valence-corrected chi connectivity index (χ4v) is 2.74. The van der Waals surface area contributed by atoms with E-state index in [9.17, 15) is 9.59 Å². The molecule has 8 nitrogen and oxygen atoms in total. The van der Waals surface area contributed by atoms with Gasteiger partial charge in [-0.15, -0.1) is 0 Å². The summed E-state index contributed by atoms with van der Waals surface area (Å²) in [5.74, 6) is 0.778. The van der Waals surface area contributed by atoms with E-state index in [0.717, 1.165) is 4.47 Å². The van der Waals surface area contributed by atoms with Gasteiger partial charge in [0.05, 0.1) is 0 Å². The van der Waals surface area contributed by atoms with Crippen molar-refractivity contribution in [1.82, 2.24) is 24.1 Å². The van der Waals surface area contributed by atoms with E-state index in [1.807, 2.05) is 13.8 Å². The predicted molar refractivity (Wildman–Crippen MR) is 91.9 cm³/mol. The summed E-state index contributed by atoms with van der Waals surface area (Å²) < 4.78 is 3.70. The molecule has 1 N–H and O–H groups in total. The maximum atomic E-state index is 12.6. The van der Waals surface area contributed by atoms with E-state index < -0.39 is 0 Å². The Morgan fingerprint density at radius 3 is 2.88 bits per heavy atom. The quantitative estimate of drug-likeness (QED) is 0.732. The minimum atomic E-state index is -0.382. The standard InChI is InChI=1S/C15H15BrN6O2/c1-9(2)14-20-22(15(24)11-5-10(16)6-21(11)14)7-13(23)19-12-3-4-17-8-18-12/h3-6,8-9H,7H2,1-2H3,(H,17,18,19,23). The van der Waals surface area contributed by atoms with E-state index in [1.165, 1.54) is 17.2 Å². The molecule has 0 aliphatic carbocycles. The van der Waals surface area contributed by atoms with Gasteiger partial charge in [-0.05, 0) is 28.1 Å². The molecule has 124 valence electrons. The Morgan fingerprint density at radius 1 is 1.42 bits per heavy atom. The van der Waals surface area contributed by atoms with Gasteiger partial charge in [-0.25, -0.2) is 14.6 Å². The molecule has 1 amide bonds. The highest BCUT2D eigenvalue weighted by Crippen LogP contribution is 2.18. The largest absolute Gasteiger partial charge is 0.309 e.